The van der Waals surface area contributed by atoms with Gasteiger partial charge in [0.1, 0.15) is 6.10 Å². The average molecular weight is 297 g/mol. The van der Waals surface area contributed by atoms with Gasteiger partial charge in [-0.05, 0) is 24.7 Å². The Hall–Kier alpha value is -1.04. The molecule has 4 nitrogen and oxygen atoms in total. The Morgan fingerprint density at radius 2 is 2.16 bits per heavy atom. The first-order chi connectivity index (χ1) is 9.06. The van der Waals surface area contributed by atoms with E-state index in [-0.39, 0.29) is 5.12 Å². The predicted molar refractivity (Wildman–Crippen MR) is 79.9 cm³/mol. The lowest BCUT2D eigenvalue weighted by molar-refractivity contribution is -0.109. The lowest BCUT2D eigenvalue weighted by atomic mass is 10.0. The molecule has 1 aromatic carbocycles. The Morgan fingerprint density at radius 3 is 2.79 bits per heavy atom. The van der Waals surface area contributed by atoms with Crippen LogP contribution in [0, 0.1) is 0 Å². The summed E-state index contributed by atoms with van der Waals surface area (Å²) in [6.07, 6.45) is -1.69. The molecular weight excluding hydrogens is 282 g/mol. The number of benzene rings is 1. The van der Waals surface area contributed by atoms with Crippen LogP contribution >= 0.6 is 24.0 Å². The summed E-state index contributed by atoms with van der Waals surface area (Å²) >= 11 is 5.67. The number of hydrogen-bond donors (Lipinski definition) is 2. The molecule has 0 spiro atoms. The molecular formula is C13H15NO3S2. The highest BCUT2D eigenvalue weighted by Gasteiger charge is 2.20. The minimum atomic E-state index is -1.06. The van der Waals surface area contributed by atoms with Gasteiger partial charge in [0, 0.05) is 18.2 Å². The topological polar surface area (TPSA) is 69.9 Å². The molecule has 0 heterocycles. The molecule has 2 N–H and O–H groups in total. The van der Waals surface area contributed by atoms with E-state index in [9.17, 15) is 15.0 Å². The SMILES string of the molecule is CC(=O)SCCC(O)C(O)c1ccccc1N=C=S. The zero-order chi connectivity index (χ0) is 14.3. The van der Waals surface area contributed by atoms with Crippen LogP contribution in [0.4, 0.5) is 5.69 Å². The Balaban J connectivity index is 2.73. The second-order valence-electron chi connectivity index (χ2n) is 3.90. The number of aliphatic imine (C=N–C) groups is 1. The van der Waals surface area contributed by atoms with E-state index in [0.717, 1.165) is 11.8 Å². The fourth-order valence-electron chi connectivity index (χ4n) is 1.58. The number of para-hydroxylation sites is 1. The third-order valence-electron chi connectivity index (χ3n) is 2.50. The fraction of sp³-hybridized carbons (Fsp3) is 0.385. The van der Waals surface area contributed by atoms with Crippen molar-refractivity contribution in [2.75, 3.05) is 5.75 Å². The number of rotatable bonds is 6. The van der Waals surface area contributed by atoms with Gasteiger partial charge in [-0.2, -0.15) is 4.99 Å². The molecule has 0 amide bonds. The zero-order valence-electron chi connectivity index (χ0n) is 10.4. The van der Waals surface area contributed by atoms with Gasteiger partial charge in [0.25, 0.3) is 0 Å². The van der Waals surface area contributed by atoms with Crippen LogP contribution in [0.5, 0.6) is 0 Å². The van der Waals surface area contributed by atoms with Gasteiger partial charge in [-0.1, -0.05) is 30.0 Å². The van der Waals surface area contributed by atoms with E-state index in [2.05, 4.69) is 22.4 Å². The van der Waals surface area contributed by atoms with Crippen LogP contribution in [0.25, 0.3) is 0 Å². The van der Waals surface area contributed by atoms with Gasteiger partial charge in [0.15, 0.2) is 5.12 Å². The highest BCUT2D eigenvalue weighted by molar-refractivity contribution is 8.13. The summed E-state index contributed by atoms with van der Waals surface area (Å²) < 4.78 is 0. The number of isothiocyanates is 1. The summed E-state index contributed by atoms with van der Waals surface area (Å²) in [7, 11) is 0. The van der Waals surface area contributed by atoms with Crippen LogP contribution in [-0.2, 0) is 4.79 Å². The second kappa shape index (κ2) is 8.19. The molecule has 19 heavy (non-hydrogen) atoms. The smallest absolute Gasteiger partial charge is 0.185 e. The monoisotopic (exact) mass is 297 g/mol. The van der Waals surface area contributed by atoms with E-state index in [0.29, 0.717) is 23.4 Å². The van der Waals surface area contributed by atoms with Gasteiger partial charge in [0.2, 0.25) is 0 Å². The number of aliphatic hydroxyl groups is 2. The normalized spacial score (nSPS) is 13.4. The van der Waals surface area contributed by atoms with Crippen molar-refractivity contribution in [2.24, 2.45) is 4.99 Å². The van der Waals surface area contributed by atoms with E-state index in [4.69, 9.17) is 0 Å². The number of carbonyl (C=O) groups excluding carboxylic acids is 1. The van der Waals surface area contributed by atoms with Crippen molar-refractivity contribution in [3.63, 3.8) is 0 Å². The Labute approximate surface area is 121 Å². The van der Waals surface area contributed by atoms with Gasteiger partial charge < -0.3 is 10.2 Å². The number of carbonyl (C=O) groups is 1. The number of thioether (sulfide) groups is 1. The minimum absolute atomic E-state index is 0.00704. The highest BCUT2D eigenvalue weighted by Crippen LogP contribution is 2.28. The van der Waals surface area contributed by atoms with Crippen LogP contribution in [-0.4, -0.2) is 32.3 Å². The number of nitrogens with zero attached hydrogens (tertiary/aromatic N) is 1. The van der Waals surface area contributed by atoms with E-state index in [1.807, 2.05) is 0 Å². The molecule has 0 aromatic heterocycles. The second-order valence-corrected chi connectivity index (χ2v) is 5.36. The lowest BCUT2D eigenvalue weighted by Crippen LogP contribution is -2.19. The van der Waals surface area contributed by atoms with E-state index >= 15 is 0 Å². The maximum absolute atomic E-state index is 10.8. The Kier molecular flexibility index (Phi) is 6.91. The van der Waals surface area contributed by atoms with Gasteiger partial charge in [-0.3, -0.25) is 4.79 Å². The first kappa shape index (κ1) is 16.0. The van der Waals surface area contributed by atoms with Crippen LogP contribution in [0.2, 0.25) is 0 Å². The zero-order valence-corrected chi connectivity index (χ0v) is 12.1. The van der Waals surface area contributed by atoms with Crippen molar-refractivity contribution >= 4 is 39.9 Å². The van der Waals surface area contributed by atoms with Crippen LogP contribution in [0.15, 0.2) is 29.3 Å². The minimum Gasteiger partial charge on any atom is -0.390 e. The third kappa shape index (κ3) is 5.22. The molecule has 102 valence electrons. The maximum Gasteiger partial charge on any atom is 0.185 e. The molecule has 2 unspecified atom stereocenters. The highest BCUT2D eigenvalue weighted by atomic mass is 32.2. The molecule has 0 radical (unpaired) electrons. The summed E-state index contributed by atoms with van der Waals surface area (Å²) in [5, 5.41) is 22.2. The van der Waals surface area contributed by atoms with Crippen LogP contribution in [0.3, 0.4) is 0 Å². The standard InChI is InChI=1S/C13H15NO3S2/c1-9(15)19-7-6-12(16)13(17)10-4-2-3-5-11(10)14-8-18/h2-5,12-13,16-17H,6-7H2,1H3. The van der Waals surface area contributed by atoms with Crippen molar-refractivity contribution in [1.29, 1.82) is 0 Å². The largest absolute Gasteiger partial charge is 0.390 e. The maximum atomic E-state index is 10.8. The summed E-state index contributed by atoms with van der Waals surface area (Å²) in [5.74, 6) is 0.464. The number of hydrogen-bond acceptors (Lipinski definition) is 6. The predicted octanol–water partition coefficient (Wildman–Crippen LogP) is 2.49. The average Bonchev–Trinajstić information content (AvgIpc) is 2.38. The molecule has 2 atom stereocenters. The first-order valence-electron chi connectivity index (χ1n) is 5.72. The van der Waals surface area contributed by atoms with Gasteiger partial charge in [-0.25, -0.2) is 0 Å². The molecule has 0 aliphatic carbocycles. The van der Waals surface area contributed by atoms with E-state index in [1.54, 1.807) is 24.3 Å². The molecule has 1 rings (SSSR count). The Morgan fingerprint density at radius 1 is 1.47 bits per heavy atom. The van der Waals surface area contributed by atoms with Crippen molar-refractivity contribution in [3.05, 3.63) is 29.8 Å². The molecule has 0 saturated heterocycles. The molecule has 0 bridgehead atoms. The number of aliphatic hydroxyl groups excluding tert-OH is 2. The third-order valence-corrected chi connectivity index (χ3v) is 3.44. The van der Waals surface area contributed by atoms with Gasteiger partial charge >= 0.3 is 0 Å². The summed E-state index contributed by atoms with van der Waals surface area (Å²) in [4.78, 5) is 14.6. The first-order valence-corrected chi connectivity index (χ1v) is 7.12. The van der Waals surface area contributed by atoms with E-state index < -0.39 is 12.2 Å². The van der Waals surface area contributed by atoms with Gasteiger partial charge in [-0.15, -0.1) is 0 Å². The fourth-order valence-corrected chi connectivity index (χ4v) is 2.32. The van der Waals surface area contributed by atoms with Crippen molar-refractivity contribution in [3.8, 4) is 0 Å². The van der Waals surface area contributed by atoms with E-state index in [1.165, 1.54) is 6.92 Å². The number of thiocarbonyl (C=S) groups is 1. The van der Waals surface area contributed by atoms with Crippen LogP contribution in [0.1, 0.15) is 25.0 Å². The van der Waals surface area contributed by atoms with Crippen molar-refractivity contribution in [1.82, 2.24) is 0 Å². The van der Waals surface area contributed by atoms with Crippen molar-refractivity contribution in [2.45, 2.75) is 25.6 Å². The summed E-state index contributed by atoms with van der Waals surface area (Å²) in [6.45, 7) is 1.47. The summed E-state index contributed by atoms with van der Waals surface area (Å²) in [5.41, 5.74) is 0.989. The summed E-state index contributed by atoms with van der Waals surface area (Å²) in [6, 6.07) is 6.88. The molecule has 0 aliphatic heterocycles. The molecule has 0 aliphatic rings. The lowest BCUT2D eigenvalue weighted by Gasteiger charge is -2.18. The van der Waals surface area contributed by atoms with Crippen molar-refractivity contribution < 1.29 is 15.0 Å². The molecule has 0 saturated carbocycles. The molecule has 1 aromatic rings. The van der Waals surface area contributed by atoms with Gasteiger partial charge in [0.05, 0.1) is 17.0 Å². The molecule has 0 fully saturated rings. The quantitative estimate of drug-likeness (QED) is 0.623. The molecule has 6 heteroatoms. The van der Waals surface area contributed by atoms with Crippen LogP contribution < -0.4 is 0 Å². The Bertz CT molecular complexity index is 487.